The van der Waals surface area contributed by atoms with E-state index in [9.17, 15) is 9.59 Å². The highest BCUT2D eigenvalue weighted by molar-refractivity contribution is 5.83. The number of benzene rings is 1. The Kier molecular flexibility index (Phi) is 5.48. The first kappa shape index (κ1) is 18.5. The van der Waals surface area contributed by atoms with Crippen LogP contribution in [0.15, 0.2) is 24.3 Å². The van der Waals surface area contributed by atoms with Gasteiger partial charge in [0, 0.05) is 32.2 Å². The molecule has 1 aliphatic carbocycles. The van der Waals surface area contributed by atoms with Gasteiger partial charge in [-0.3, -0.25) is 9.59 Å². The maximum absolute atomic E-state index is 12.9. The minimum Gasteiger partial charge on any atom is -0.339 e. The quantitative estimate of drug-likeness (QED) is 0.888. The topological polar surface area (TPSA) is 52.7 Å². The van der Waals surface area contributed by atoms with Crippen molar-refractivity contribution in [3.8, 4) is 0 Å². The fourth-order valence-electron chi connectivity index (χ4n) is 4.99. The van der Waals surface area contributed by atoms with E-state index in [1.165, 1.54) is 25.7 Å². The lowest BCUT2D eigenvalue weighted by Crippen LogP contribution is -2.54. The van der Waals surface area contributed by atoms with Crippen molar-refractivity contribution in [2.75, 3.05) is 26.2 Å². The van der Waals surface area contributed by atoms with Gasteiger partial charge in [-0.25, -0.2) is 0 Å². The van der Waals surface area contributed by atoms with E-state index in [1.54, 1.807) is 0 Å². The van der Waals surface area contributed by atoms with Crippen LogP contribution in [0.3, 0.4) is 0 Å². The van der Waals surface area contributed by atoms with Gasteiger partial charge in [0.2, 0.25) is 11.8 Å². The highest BCUT2D eigenvalue weighted by Crippen LogP contribution is 2.33. The fraction of sp³-hybridized carbons (Fsp3) is 0.636. The van der Waals surface area contributed by atoms with Crippen LogP contribution in [0.4, 0.5) is 0 Å². The van der Waals surface area contributed by atoms with E-state index in [1.807, 2.05) is 41.0 Å². The summed E-state index contributed by atoms with van der Waals surface area (Å²) in [5, 5.41) is 3.59. The monoisotopic (exact) mass is 369 g/mol. The number of aryl methyl sites for hydroxylation is 1. The summed E-state index contributed by atoms with van der Waals surface area (Å²) in [5.41, 5.74) is 2.26. The van der Waals surface area contributed by atoms with Gasteiger partial charge in [-0.15, -0.1) is 0 Å². The van der Waals surface area contributed by atoms with Crippen molar-refractivity contribution in [3.63, 3.8) is 0 Å². The number of amides is 2. The lowest BCUT2D eigenvalue weighted by atomic mass is 9.85. The van der Waals surface area contributed by atoms with Crippen LogP contribution in [0.25, 0.3) is 0 Å². The smallest absolute Gasteiger partial charge is 0.239 e. The summed E-state index contributed by atoms with van der Waals surface area (Å²) in [4.78, 5) is 29.4. The lowest BCUT2D eigenvalue weighted by Gasteiger charge is -2.36. The number of carbonyl (C=O) groups excluding carboxylic acids is 2. The summed E-state index contributed by atoms with van der Waals surface area (Å²) < 4.78 is 0. The predicted molar refractivity (Wildman–Crippen MR) is 105 cm³/mol. The minimum atomic E-state index is -0.00711. The van der Waals surface area contributed by atoms with Crippen molar-refractivity contribution in [1.29, 1.82) is 0 Å². The second kappa shape index (κ2) is 8.01. The summed E-state index contributed by atoms with van der Waals surface area (Å²) in [6.45, 7) is 4.66. The summed E-state index contributed by atoms with van der Waals surface area (Å²) in [5.74, 6) is 1.10. The van der Waals surface area contributed by atoms with Gasteiger partial charge in [-0.2, -0.15) is 0 Å². The van der Waals surface area contributed by atoms with Crippen LogP contribution in [0.2, 0.25) is 0 Å². The van der Waals surface area contributed by atoms with Crippen LogP contribution < -0.4 is 5.32 Å². The number of rotatable bonds is 3. The zero-order valence-electron chi connectivity index (χ0n) is 16.3. The molecule has 3 unspecified atom stereocenters. The number of carbonyl (C=O) groups is 2. The van der Waals surface area contributed by atoms with E-state index in [0.29, 0.717) is 44.6 Å². The van der Waals surface area contributed by atoms with Crippen LogP contribution in [-0.4, -0.2) is 59.9 Å². The SMILES string of the molecule is Cc1ccccc1CC(=O)N1CCN(C(=O)C2CC3CCCCC3N2)CC1. The van der Waals surface area contributed by atoms with E-state index in [0.717, 1.165) is 17.5 Å². The Hall–Kier alpha value is -1.88. The maximum Gasteiger partial charge on any atom is 0.239 e. The second-order valence-corrected chi connectivity index (χ2v) is 8.42. The zero-order valence-corrected chi connectivity index (χ0v) is 16.3. The van der Waals surface area contributed by atoms with Gasteiger partial charge in [0.1, 0.15) is 0 Å². The molecule has 3 aliphatic rings. The largest absolute Gasteiger partial charge is 0.339 e. The Balaban J connectivity index is 1.28. The molecule has 146 valence electrons. The van der Waals surface area contributed by atoms with E-state index in [2.05, 4.69) is 5.32 Å². The molecule has 2 amide bonds. The Morgan fingerprint density at radius 2 is 1.74 bits per heavy atom. The molecule has 4 rings (SSSR count). The lowest BCUT2D eigenvalue weighted by molar-refractivity contribution is -0.140. The molecule has 2 saturated heterocycles. The van der Waals surface area contributed by atoms with E-state index < -0.39 is 0 Å². The van der Waals surface area contributed by atoms with Gasteiger partial charge in [0.25, 0.3) is 0 Å². The van der Waals surface area contributed by atoms with Gasteiger partial charge in [0.15, 0.2) is 0 Å². The highest BCUT2D eigenvalue weighted by atomic mass is 16.2. The van der Waals surface area contributed by atoms with Crippen LogP contribution >= 0.6 is 0 Å². The molecule has 1 saturated carbocycles. The first-order valence-electron chi connectivity index (χ1n) is 10.5. The van der Waals surface area contributed by atoms with Crippen LogP contribution in [0.1, 0.15) is 43.2 Å². The first-order chi connectivity index (χ1) is 13.1. The molecule has 27 heavy (non-hydrogen) atoms. The third-order valence-corrected chi connectivity index (χ3v) is 6.71. The Bertz CT molecular complexity index is 683. The summed E-state index contributed by atoms with van der Waals surface area (Å²) >= 11 is 0. The molecule has 3 fully saturated rings. The number of hydrogen-bond acceptors (Lipinski definition) is 3. The molecule has 5 nitrogen and oxygen atoms in total. The Morgan fingerprint density at radius 1 is 1.04 bits per heavy atom. The number of nitrogens with one attached hydrogen (secondary N) is 1. The Morgan fingerprint density at radius 3 is 2.48 bits per heavy atom. The van der Waals surface area contributed by atoms with Gasteiger partial charge < -0.3 is 15.1 Å². The number of piperazine rings is 1. The molecule has 0 aromatic heterocycles. The average molecular weight is 370 g/mol. The predicted octanol–water partition coefficient (Wildman–Crippen LogP) is 2.13. The van der Waals surface area contributed by atoms with E-state index in [4.69, 9.17) is 0 Å². The molecule has 1 aromatic carbocycles. The van der Waals surface area contributed by atoms with Gasteiger partial charge >= 0.3 is 0 Å². The van der Waals surface area contributed by atoms with Crippen LogP contribution in [0, 0.1) is 12.8 Å². The summed E-state index contributed by atoms with van der Waals surface area (Å²) in [6.07, 6.45) is 6.53. The van der Waals surface area contributed by atoms with Gasteiger partial charge in [0.05, 0.1) is 12.5 Å². The van der Waals surface area contributed by atoms with Crippen molar-refractivity contribution in [2.24, 2.45) is 5.92 Å². The van der Waals surface area contributed by atoms with E-state index >= 15 is 0 Å². The first-order valence-corrected chi connectivity index (χ1v) is 10.5. The molecule has 0 bridgehead atoms. The second-order valence-electron chi connectivity index (χ2n) is 8.42. The number of hydrogen-bond donors (Lipinski definition) is 1. The standard InChI is InChI=1S/C22H31N3O2/c1-16-6-2-3-7-17(16)15-21(26)24-10-12-25(13-11-24)22(27)20-14-18-8-4-5-9-19(18)23-20/h2-3,6-7,18-20,23H,4-5,8-15H2,1H3. The van der Waals surface area contributed by atoms with E-state index in [-0.39, 0.29) is 17.9 Å². The Labute approximate surface area is 162 Å². The summed E-state index contributed by atoms with van der Waals surface area (Å²) in [7, 11) is 0. The van der Waals surface area contributed by atoms with Gasteiger partial charge in [-0.05, 0) is 43.2 Å². The van der Waals surface area contributed by atoms with Crippen LogP contribution in [0.5, 0.6) is 0 Å². The van der Waals surface area contributed by atoms with Crippen molar-refractivity contribution >= 4 is 11.8 Å². The number of nitrogens with zero attached hydrogens (tertiary/aromatic N) is 2. The van der Waals surface area contributed by atoms with Crippen molar-refractivity contribution in [1.82, 2.24) is 15.1 Å². The third kappa shape index (κ3) is 4.03. The average Bonchev–Trinajstić information content (AvgIpc) is 3.13. The molecular weight excluding hydrogens is 338 g/mol. The molecule has 3 atom stereocenters. The van der Waals surface area contributed by atoms with Crippen LogP contribution in [-0.2, 0) is 16.0 Å². The molecule has 2 aliphatic heterocycles. The fourth-order valence-corrected chi connectivity index (χ4v) is 4.99. The van der Waals surface area contributed by atoms with Crippen molar-refractivity contribution in [2.45, 2.75) is 57.5 Å². The maximum atomic E-state index is 12.9. The van der Waals surface area contributed by atoms with Crippen molar-refractivity contribution < 1.29 is 9.59 Å². The minimum absolute atomic E-state index is 0.00711. The number of fused-ring (bicyclic) bond motifs is 1. The molecule has 5 heteroatoms. The van der Waals surface area contributed by atoms with Crippen molar-refractivity contribution in [3.05, 3.63) is 35.4 Å². The molecular formula is C22H31N3O2. The molecule has 0 radical (unpaired) electrons. The normalized spacial score (nSPS) is 28.1. The molecule has 0 spiro atoms. The highest BCUT2D eigenvalue weighted by Gasteiger charge is 2.40. The molecule has 1 aromatic rings. The zero-order chi connectivity index (χ0) is 18.8. The molecule has 2 heterocycles. The van der Waals surface area contributed by atoms with Gasteiger partial charge in [-0.1, -0.05) is 37.1 Å². The molecule has 1 N–H and O–H groups in total. The summed E-state index contributed by atoms with van der Waals surface area (Å²) in [6, 6.07) is 8.60. The third-order valence-electron chi connectivity index (χ3n) is 6.71.